The molecule has 0 amide bonds. The van der Waals surface area contributed by atoms with Crippen LogP contribution >= 0.6 is 0 Å². The molecule has 3 heterocycles. The van der Waals surface area contributed by atoms with Crippen molar-refractivity contribution in [3.8, 4) is 16.8 Å². The molecule has 0 saturated carbocycles. The van der Waals surface area contributed by atoms with Crippen LogP contribution in [0.2, 0.25) is 0 Å². The molecule has 1 aromatic carbocycles. The Balaban J connectivity index is 2.11. The van der Waals surface area contributed by atoms with Crippen LogP contribution in [0.3, 0.4) is 0 Å². The number of benzene rings is 1. The molecule has 112 valence electrons. The summed E-state index contributed by atoms with van der Waals surface area (Å²) >= 11 is 0. The molecule has 6 heteroatoms. The maximum Gasteiger partial charge on any atom is 0.260 e. The van der Waals surface area contributed by atoms with E-state index in [0.29, 0.717) is 22.2 Å². The molecular formula is C17H11FN4O. The zero-order chi connectivity index (χ0) is 15.8. The zero-order valence-electron chi connectivity index (χ0n) is 11.9. The minimum Gasteiger partial charge on any atom is -0.312 e. The topological polar surface area (TPSA) is 63.6 Å². The fraction of sp³-hybridized carbons (Fsp3) is 0. The normalized spacial score (nSPS) is 11.0. The molecule has 0 atom stereocenters. The zero-order valence-corrected chi connectivity index (χ0v) is 11.9. The fourth-order valence-electron chi connectivity index (χ4n) is 2.65. The number of nitrogens with one attached hydrogen (secondary N) is 1. The van der Waals surface area contributed by atoms with Gasteiger partial charge in [-0.2, -0.15) is 0 Å². The minimum absolute atomic E-state index is 0.309. The van der Waals surface area contributed by atoms with Crippen LogP contribution in [0.25, 0.3) is 27.8 Å². The molecule has 0 unspecified atom stereocenters. The van der Waals surface area contributed by atoms with Gasteiger partial charge in [0, 0.05) is 29.2 Å². The minimum atomic E-state index is -0.483. The second-order valence-corrected chi connectivity index (χ2v) is 5.03. The van der Waals surface area contributed by atoms with Gasteiger partial charge in [-0.25, -0.2) is 9.37 Å². The lowest BCUT2D eigenvalue weighted by molar-refractivity contribution is 0.625. The molecule has 0 bridgehead atoms. The highest BCUT2D eigenvalue weighted by Crippen LogP contribution is 2.30. The molecule has 0 aliphatic rings. The summed E-state index contributed by atoms with van der Waals surface area (Å²) < 4.78 is 15.9. The van der Waals surface area contributed by atoms with Gasteiger partial charge in [-0.15, -0.1) is 0 Å². The molecule has 4 aromatic rings. The van der Waals surface area contributed by atoms with Gasteiger partial charge in [0.25, 0.3) is 5.56 Å². The number of para-hydroxylation sites is 1. The van der Waals surface area contributed by atoms with Crippen LogP contribution in [0.5, 0.6) is 0 Å². The second-order valence-electron chi connectivity index (χ2n) is 5.03. The lowest BCUT2D eigenvalue weighted by atomic mass is 10.1. The third-order valence-electron chi connectivity index (χ3n) is 3.69. The van der Waals surface area contributed by atoms with Crippen LogP contribution in [0.15, 0.2) is 66.1 Å². The number of aromatic amines is 1. The number of halogens is 1. The van der Waals surface area contributed by atoms with Crippen molar-refractivity contribution in [3.05, 3.63) is 77.5 Å². The summed E-state index contributed by atoms with van der Waals surface area (Å²) in [6.45, 7) is 0. The van der Waals surface area contributed by atoms with Crippen LogP contribution < -0.4 is 5.56 Å². The first-order chi connectivity index (χ1) is 11.3. The summed E-state index contributed by atoms with van der Waals surface area (Å²) in [5.74, 6) is -0.483. The molecule has 0 spiro atoms. The molecule has 23 heavy (non-hydrogen) atoms. The number of hydrogen-bond donors (Lipinski definition) is 1. The van der Waals surface area contributed by atoms with Gasteiger partial charge in [-0.1, -0.05) is 18.2 Å². The largest absolute Gasteiger partial charge is 0.312 e. The number of rotatable bonds is 2. The molecule has 1 N–H and O–H groups in total. The predicted octanol–water partition coefficient (Wildman–Crippen LogP) is 2.91. The highest BCUT2D eigenvalue weighted by atomic mass is 19.1. The monoisotopic (exact) mass is 306 g/mol. The molecular weight excluding hydrogens is 295 g/mol. The molecule has 0 fully saturated rings. The number of H-pyrrole nitrogens is 1. The number of nitrogens with zero attached hydrogens (tertiary/aromatic N) is 3. The average Bonchev–Trinajstić information content (AvgIpc) is 2.97. The van der Waals surface area contributed by atoms with Crippen LogP contribution in [-0.4, -0.2) is 19.5 Å². The highest BCUT2D eigenvalue weighted by molar-refractivity contribution is 5.94. The Morgan fingerprint density at radius 1 is 1.09 bits per heavy atom. The quantitative estimate of drug-likeness (QED) is 0.619. The van der Waals surface area contributed by atoms with E-state index in [1.165, 1.54) is 12.5 Å². The smallest absolute Gasteiger partial charge is 0.260 e. The third-order valence-corrected chi connectivity index (χ3v) is 3.69. The van der Waals surface area contributed by atoms with Crippen molar-refractivity contribution in [1.82, 2.24) is 19.5 Å². The lowest BCUT2D eigenvalue weighted by Crippen LogP contribution is -2.07. The lowest BCUT2D eigenvalue weighted by Gasteiger charge is -2.03. The van der Waals surface area contributed by atoms with E-state index in [0.717, 1.165) is 11.9 Å². The maximum atomic E-state index is 14.1. The Hall–Kier alpha value is -3.28. The standard InChI is InChI=1S/C17H11FN4O/c18-14-8-19-7-6-12(14)13-9-22(11-4-2-1-3-5-11)16-15(13)17(23)21-10-20-16/h1-10H,(H,20,21,23). The van der Waals surface area contributed by atoms with E-state index in [2.05, 4.69) is 15.0 Å². The van der Waals surface area contributed by atoms with Gasteiger partial charge in [0.15, 0.2) is 5.65 Å². The van der Waals surface area contributed by atoms with E-state index in [1.54, 1.807) is 16.8 Å². The predicted molar refractivity (Wildman–Crippen MR) is 84.9 cm³/mol. The van der Waals surface area contributed by atoms with Crippen LogP contribution in [0.1, 0.15) is 0 Å². The van der Waals surface area contributed by atoms with Crippen LogP contribution in [-0.2, 0) is 0 Å². The van der Waals surface area contributed by atoms with Gasteiger partial charge in [0.05, 0.1) is 17.9 Å². The Morgan fingerprint density at radius 3 is 2.70 bits per heavy atom. The van der Waals surface area contributed by atoms with Crippen molar-refractivity contribution in [2.45, 2.75) is 0 Å². The summed E-state index contributed by atoms with van der Waals surface area (Å²) in [7, 11) is 0. The Bertz CT molecular complexity index is 1050. The molecule has 5 nitrogen and oxygen atoms in total. The first kappa shape index (κ1) is 13.4. The maximum absolute atomic E-state index is 14.1. The van der Waals surface area contributed by atoms with Gasteiger partial charge < -0.3 is 9.55 Å². The van der Waals surface area contributed by atoms with Crippen molar-refractivity contribution in [2.24, 2.45) is 0 Å². The van der Waals surface area contributed by atoms with Crippen molar-refractivity contribution in [3.63, 3.8) is 0 Å². The van der Waals surface area contributed by atoms with E-state index < -0.39 is 5.82 Å². The van der Waals surface area contributed by atoms with E-state index in [1.807, 2.05) is 30.3 Å². The number of pyridine rings is 1. The highest BCUT2D eigenvalue weighted by Gasteiger charge is 2.17. The molecule has 0 radical (unpaired) electrons. The molecule has 4 rings (SSSR count). The molecule has 3 aromatic heterocycles. The van der Waals surface area contributed by atoms with Crippen LogP contribution in [0.4, 0.5) is 4.39 Å². The van der Waals surface area contributed by atoms with Crippen LogP contribution in [0, 0.1) is 5.82 Å². The van der Waals surface area contributed by atoms with Gasteiger partial charge in [-0.05, 0) is 18.2 Å². The molecule has 0 aliphatic heterocycles. The van der Waals surface area contributed by atoms with Crippen molar-refractivity contribution >= 4 is 11.0 Å². The van der Waals surface area contributed by atoms with Crippen molar-refractivity contribution in [2.75, 3.05) is 0 Å². The van der Waals surface area contributed by atoms with Crippen molar-refractivity contribution < 1.29 is 4.39 Å². The van der Waals surface area contributed by atoms with Gasteiger partial charge in [0.1, 0.15) is 5.82 Å². The van der Waals surface area contributed by atoms with E-state index in [-0.39, 0.29) is 5.56 Å². The molecule has 0 aliphatic carbocycles. The van der Waals surface area contributed by atoms with Crippen molar-refractivity contribution in [1.29, 1.82) is 0 Å². The number of hydrogen-bond acceptors (Lipinski definition) is 3. The number of fused-ring (bicyclic) bond motifs is 1. The SMILES string of the molecule is O=c1[nH]cnc2c1c(-c1ccncc1F)cn2-c1ccccc1. The van der Waals surface area contributed by atoms with E-state index >= 15 is 0 Å². The summed E-state index contributed by atoms with van der Waals surface area (Å²) in [6.07, 6.45) is 5.69. The third kappa shape index (κ3) is 2.12. The summed E-state index contributed by atoms with van der Waals surface area (Å²) in [4.78, 5) is 22.9. The Labute approximate surface area is 130 Å². The summed E-state index contributed by atoms with van der Waals surface area (Å²) in [5.41, 5.74) is 1.81. The Kier molecular flexibility index (Phi) is 3.01. The Morgan fingerprint density at radius 2 is 1.91 bits per heavy atom. The van der Waals surface area contributed by atoms with Gasteiger partial charge >= 0.3 is 0 Å². The summed E-state index contributed by atoms with van der Waals surface area (Å²) in [6, 6.07) is 11.0. The first-order valence-electron chi connectivity index (χ1n) is 7.00. The van der Waals surface area contributed by atoms with E-state index in [9.17, 15) is 9.18 Å². The van der Waals surface area contributed by atoms with Gasteiger partial charge in [0.2, 0.25) is 0 Å². The molecule has 0 saturated heterocycles. The van der Waals surface area contributed by atoms with E-state index in [4.69, 9.17) is 0 Å². The average molecular weight is 306 g/mol. The first-order valence-corrected chi connectivity index (χ1v) is 7.00. The fourth-order valence-corrected chi connectivity index (χ4v) is 2.65. The summed E-state index contributed by atoms with van der Waals surface area (Å²) in [5, 5.41) is 0.349. The number of aromatic nitrogens is 4. The second kappa shape index (κ2) is 5.17. The van der Waals surface area contributed by atoms with Gasteiger partial charge in [-0.3, -0.25) is 9.78 Å².